The Balaban J connectivity index is -0.000000320. The molecule has 0 amide bonds. The zero-order valence-corrected chi connectivity index (χ0v) is 9.26. The minimum atomic E-state index is -1.50. The van der Waals surface area contributed by atoms with Crippen LogP contribution in [0.25, 0.3) is 0 Å². The summed E-state index contributed by atoms with van der Waals surface area (Å²) < 4.78 is 0. The maximum absolute atomic E-state index is 9.76. The number of carboxylic acids is 2. The standard InChI is InChI=1S/C4H6O4S.Li.Sb/c5-3(6)1-2(9)4(7)8;;/h2,9H,1H2,(H,5,6)(H,7,8);;/q;+1;+3/p-2. The molecule has 0 spiro atoms. The number of hydrogen-bond acceptors (Lipinski definition) is 5. The molecule has 7 heteroatoms. The molecule has 0 fully saturated rings. The SMILES string of the molecule is O=C([O-])CC(S)C(=O)[O-].[Li+].[Sb+3]. The summed E-state index contributed by atoms with van der Waals surface area (Å²) in [6, 6.07) is 0. The van der Waals surface area contributed by atoms with Crippen molar-refractivity contribution in [1.82, 2.24) is 0 Å². The Morgan fingerprint density at radius 2 is 1.73 bits per heavy atom. The zero-order valence-electron chi connectivity index (χ0n) is 5.81. The van der Waals surface area contributed by atoms with Gasteiger partial charge in [0.25, 0.3) is 0 Å². The summed E-state index contributed by atoms with van der Waals surface area (Å²) in [7, 11) is 0. The van der Waals surface area contributed by atoms with Crippen molar-refractivity contribution in [2.75, 3.05) is 0 Å². The van der Waals surface area contributed by atoms with E-state index in [1.807, 2.05) is 0 Å². The fourth-order valence-corrected chi connectivity index (χ4v) is 0.390. The molecule has 0 saturated carbocycles. The summed E-state index contributed by atoms with van der Waals surface area (Å²) in [5.74, 6) is -2.94. The van der Waals surface area contributed by atoms with Gasteiger partial charge in [0, 0.05) is 17.6 Å². The number of thiol groups is 1. The topological polar surface area (TPSA) is 80.3 Å². The molecule has 0 aliphatic rings. The van der Waals surface area contributed by atoms with Gasteiger partial charge >= 0.3 is 43.3 Å². The van der Waals surface area contributed by atoms with Gasteiger partial charge in [0.05, 0.1) is 5.97 Å². The minimum absolute atomic E-state index is 0. The Labute approximate surface area is 98.8 Å². The first-order valence-electron chi connectivity index (χ1n) is 2.13. The first-order valence-corrected chi connectivity index (χ1v) is 2.64. The molecule has 11 heavy (non-hydrogen) atoms. The van der Waals surface area contributed by atoms with Crippen molar-refractivity contribution < 1.29 is 38.7 Å². The van der Waals surface area contributed by atoms with Crippen molar-refractivity contribution in [3.05, 3.63) is 0 Å². The third kappa shape index (κ3) is 10.7. The number of carboxylic acid groups (broad SMARTS) is 2. The van der Waals surface area contributed by atoms with Crippen LogP contribution in [0.5, 0.6) is 0 Å². The van der Waals surface area contributed by atoms with Gasteiger partial charge < -0.3 is 19.8 Å². The number of hydrogen-bond donors (Lipinski definition) is 1. The van der Waals surface area contributed by atoms with Gasteiger partial charge in [-0.1, -0.05) is 0 Å². The van der Waals surface area contributed by atoms with Crippen LogP contribution in [0.1, 0.15) is 6.42 Å². The Kier molecular flexibility index (Phi) is 14.2. The Bertz CT molecular complexity index is 142. The fraction of sp³-hybridized carbons (Fsp3) is 0.500. The molecule has 0 aliphatic heterocycles. The molecule has 0 aromatic carbocycles. The van der Waals surface area contributed by atoms with Crippen molar-refractivity contribution in [3.8, 4) is 0 Å². The summed E-state index contributed by atoms with van der Waals surface area (Å²) in [4.78, 5) is 19.4. The van der Waals surface area contributed by atoms with E-state index in [0.717, 1.165) is 0 Å². The quantitative estimate of drug-likeness (QED) is 0.411. The predicted octanol–water partition coefficient (Wildman–Crippen LogP) is -6.20. The molecule has 0 N–H and O–H groups in total. The number of rotatable bonds is 3. The molecule has 0 bridgehead atoms. The molecule has 0 heterocycles. The van der Waals surface area contributed by atoms with Crippen LogP contribution in [0.3, 0.4) is 0 Å². The second-order valence-corrected chi connectivity index (χ2v) is 2.03. The van der Waals surface area contributed by atoms with Gasteiger partial charge in [0.1, 0.15) is 0 Å². The van der Waals surface area contributed by atoms with Crippen LogP contribution in [0, 0.1) is 0 Å². The number of carbonyl (C=O) groups excluding carboxylic acids is 2. The van der Waals surface area contributed by atoms with E-state index >= 15 is 0 Å². The molecule has 0 aromatic heterocycles. The molecule has 2 radical (unpaired) electrons. The van der Waals surface area contributed by atoms with Gasteiger partial charge in [-0.25, -0.2) is 0 Å². The van der Waals surface area contributed by atoms with Crippen molar-refractivity contribution in [1.29, 1.82) is 0 Å². The predicted molar refractivity (Wildman–Crippen MR) is 33.2 cm³/mol. The van der Waals surface area contributed by atoms with Crippen molar-refractivity contribution in [2.45, 2.75) is 11.7 Å². The van der Waals surface area contributed by atoms with Gasteiger partial charge in [-0.05, 0) is 0 Å². The molecule has 54 valence electrons. The van der Waals surface area contributed by atoms with Crippen LogP contribution in [0.15, 0.2) is 0 Å². The Hall–Kier alpha value is 0.706. The van der Waals surface area contributed by atoms with E-state index in [2.05, 4.69) is 12.6 Å². The largest absolute Gasteiger partial charge is 3.00 e. The van der Waals surface area contributed by atoms with Gasteiger partial charge in [-0.15, -0.1) is 0 Å². The molecule has 0 aliphatic carbocycles. The number of aliphatic carboxylic acids is 2. The monoisotopic (exact) mass is 276 g/mol. The van der Waals surface area contributed by atoms with Crippen molar-refractivity contribution in [3.63, 3.8) is 0 Å². The van der Waals surface area contributed by atoms with Crippen LogP contribution in [-0.4, -0.2) is 41.6 Å². The normalized spacial score (nSPS) is 10.3. The van der Waals surface area contributed by atoms with Crippen LogP contribution in [-0.2, 0) is 9.59 Å². The smallest absolute Gasteiger partial charge is 0.550 e. The summed E-state index contributed by atoms with van der Waals surface area (Å²) in [5.41, 5.74) is 0. The molecule has 0 rings (SSSR count). The summed E-state index contributed by atoms with van der Waals surface area (Å²) in [6.07, 6.45) is -0.620. The fourth-order valence-electron chi connectivity index (χ4n) is 0.241. The van der Waals surface area contributed by atoms with Crippen LogP contribution < -0.4 is 29.1 Å². The molecular weight excluding hydrogens is 273 g/mol. The maximum Gasteiger partial charge on any atom is 3.00 e. The average Bonchev–Trinajstić information content (AvgIpc) is 1.63. The van der Waals surface area contributed by atoms with E-state index in [1.165, 1.54) is 0 Å². The maximum atomic E-state index is 9.76. The van der Waals surface area contributed by atoms with Crippen molar-refractivity contribution in [2.24, 2.45) is 0 Å². The average molecular weight is 277 g/mol. The van der Waals surface area contributed by atoms with E-state index in [0.29, 0.717) is 0 Å². The molecule has 1 unspecified atom stereocenters. The summed E-state index contributed by atoms with van der Waals surface area (Å²) in [5, 5.41) is 18.2. The minimum Gasteiger partial charge on any atom is -0.550 e. The molecular formula is C4H4LiO4SSb+2. The van der Waals surface area contributed by atoms with E-state index in [-0.39, 0.29) is 43.3 Å². The second-order valence-electron chi connectivity index (χ2n) is 1.41. The van der Waals surface area contributed by atoms with E-state index < -0.39 is 23.6 Å². The summed E-state index contributed by atoms with van der Waals surface area (Å²) >= 11 is 3.38. The van der Waals surface area contributed by atoms with E-state index in [4.69, 9.17) is 0 Å². The Morgan fingerprint density at radius 3 is 1.82 bits per heavy atom. The van der Waals surface area contributed by atoms with Crippen LogP contribution in [0.4, 0.5) is 0 Å². The molecule has 4 nitrogen and oxygen atoms in total. The zero-order chi connectivity index (χ0) is 7.44. The molecule has 1 atom stereocenters. The number of carbonyl (C=O) groups is 2. The van der Waals surface area contributed by atoms with Gasteiger partial charge in [-0.3, -0.25) is 0 Å². The third-order valence-electron chi connectivity index (χ3n) is 0.632. The molecule has 0 saturated heterocycles. The molecule has 0 aromatic rings. The third-order valence-corrected chi connectivity index (χ3v) is 1.03. The second kappa shape index (κ2) is 8.80. The van der Waals surface area contributed by atoms with Crippen LogP contribution in [0.2, 0.25) is 0 Å². The van der Waals surface area contributed by atoms with Gasteiger partial charge in [0.2, 0.25) is 0 Å². The van der Waals surface area contributed by atoms with Gasteiger partial charge in [-0.2, -0.15) is 12.6 Å². The Morgan fingerprint density at radius 1 is 1.36 bits per heavy atom. The van der Waals surface area contributed by atoms with E-state index in [9.17, 15) is 19.8 Å². The van der Waals surface area contributed by atoms with E-state index in [1.54, 1.807) is 0 Å². The first-order chi connectivity index (χ1) is 4.04. The van der Waals surface area contributed by atoms with Crippen molar-refractivity contribution >= 4 is 49.0 Å². The van der Waals surface area contributed by atoms with Crippen LogP contribution >= 0.6 is 12.6 Å². The summed E-state index contributed by atoms with van der Waals surface area (Å²) in [6.45, 7) is 0. The first kappa shape index (κ1) is 17.7. The van der Waals surface area contributed by atoms with Gasteiger partial charge in [0.15, 0.2) is 0 Å².